The number of hydrogen-bond donors (Lipinski definition) is 1. The lowest BCUT2D eigenvalue weighted by atomic mass is 10.1. The van der Waals surface area contributed by atoms with Gasteiger partial charge in [-0.15, -0.1) is 0 Å². The first kappa shape index (κ1) is 14.1. The van der Waals surface area contributed by atoms with Crippen molar-refractivity contribution in [3.63, 3.8) is 0 Å². The molecule has 0 amide bonds. The lowest BCUT2D eigenvalue weighted by molar-refractivity contribution is 0.0601. The van der Waals surface area contributed by atoms with Gasteiger partial charge in [0.05, 0.1) is 11.6 Å². The Labute approximate surface area is 115 Å². The molecule has 1 atom stereocenters. The van der Waals surface area contributed by atoms with E-state index in [9.17, 15) is 0 Å². The number of ether oxygens (including phenoxy) is 1. The zero-order chi connectivity index (χ0) is 13.7. The van der Waals surface area contributed by atoms with Crippen LogP contribution in [0.15, 0.2) is 30.5 Å². The minimum absolute atomic E-state index is 0.163. The van der Waals surface area contributed by atoms with Crippen LogP contribution in [0.25, 0.3) is 10.9 Å². The molecule has 0 fully saturated rings. The normalized spacial score (nSPS) is 13.0. The fraction of sp³-hybridized carbons (Fsp3) is 0.500. The maximum absolute atomic E-state index is 5.73. The number of nitrogens with two attached hydrogens (primary N) is 1. The van der Waals surface area contributed by atoms with Gasteiger partial charge in [-0.2, -0.15) is 0 Å². The Morgan fingerprint density at radius 3 is 2.79 bits per heavy atom. The highest BCUT2D eigenvalue weighted by Gasteiger charge is 2.09. The SMILES string of the molecule is CCOC(CN)CCn1ccc2cccc(CC)c21. The molecule has 1 aromatic heterocycles. The molecule has 2 N–H and O–H groups in total. The van der Waals surface area contributed by atoms with E-state index in [1.54, 1.807) is 0 Å². The Bertz CT molecular complexity index is 518. The molecule has 19 heavy (non-hydrogen) atoms. The molecule has 3 nitrogen and oxygen atoms in total. The second-order valence-corrected chi connectivity index (χ2v) is 4.82. The van der Waals surface area contributed by atoms with Gasteiger partial charge in [0, 0.05) is 25.9 Å². The molecular weight excluding hydrogens is 236 g/mol. The van der Waals surface area contributed by atoms with Crippen LogP contribution < -0.4 is 5.73 Å². The lowest BCUT2D eigenvalue weighted by Crippen LogP contribution is -2.25. The third-order valence-corrected chi connectivity index (χ3v) is 3.61. The second-order valence-electron chi connectivity index (χ2n) is 4.82. The molecule has 1 heterocycles. The monoisotopic (exact) mass is 260 g/mol. The topological polar surface area (TPSA) is 40.2 Å². The van der Waals surface area contributed by atoms with Gasteiger partial charge in [-0.05, 0) is 36.8 Å². The summed E-state index contributed by atoms with van der Waals surface area (Å²) in [6.07, 6.45) is 4.36. The molecule has 0 bridgehead atoms. The van der Waals surface area contributed by atoms with Gasteiger partial charge in [-0.3, -0.25) is 0 Å². The van der Waals surface area contributed by atoms with Crippen LogP contribution in [0.3, 0.4) is 0 Å². The van der Waals surface area contributed by atoms with Gasteiger partial charge in [0.2, 0.25) is 0 Å². The van der Waals surface area contributed by atoms with E-state index in [0.717, 1.165) is 26.0 Å². The molecule has 0 aliphatic rings. The zero-order valence-corrected chi connectivity index (χ0v) is 11.9. The lowest BCUT2D eigenvalue weighted by Gasteiger charge is -2.16. The van der Waals surface area contributed by atoms with Gasteiger partial charge < -0.3 is 15.0 Å². The minimum Gasteiger partial charge on any atom is -0.377 e. The molecule has 104 valence electrons. The Morgan fingerprint density at radius 2 is 2.11 bits per heavy atom. The summed E-state index contributed by atoms with van der Waals surface area (Å²) in [5.41, 5.74) is 8.50. The van der Waals surface area contributed by atoms with E-state index >= 15 is 0 Å². The fourth-order valence-corrected chi connectivity index (χ4v) is 2.60. The Balaban J connectivity index is 2.16. The molecule has 0 saturated heterocycles. The summed E-state index contributed by atoms with van der Waals surface area (Å²) >= 11 is 0. The predicted molar refractivity (Wildman–Crippen MR) is 80.4 cm³/mol. The number of aromatic nitrogens is 1. The van der Waals surface area contributed by atoms with E-state index in [4.69, 9.17) is 10.5 Å². The van der Waals surface area contributed by atoms with E-state index in [1.807, 2.05) is 6.92 Å². The van der Waals surface area contributed by atoms with Crippen LogP contribution in [-0.4, -0.2) is 23.8 Å². The third-order valence-electron chi connectivity index (χ3n) is 3.61. The molecule has 1 aromatic carbocycles. The van der Waals surface area contributed by atoms with E-state index in [2.05, 4.69) is 42.0 Å². The van der Waals surface area contributed by atoms with E-state index in [0.29, 0.717) is 6.54 Å². The molecule has 0 aliphatic carbocycles. The summed E-state index contributed by atoms with van der Waals surface area (Å²) in [4.78, 5) is 0. The predicted octanol–water partition coefficient (Wildman–Crippen LogP) is 2.96. The average Bonchev–Trinajstić information content (AvgIpc) is 2.86. The van der Waals surface area contributed by atoms with Crippen molar-refractivity contribution in [2.75, 3.05) is 13.2 Å². The first-order valence-corrected chi connectivity index (χ1v) is 7.18. The average molecular weight is 260 g/mol. The molecule has 3 heteroatoms. The number of fused-ring (bicyclic) bond motifs is 1. The van der Waals surface area contributed by atoms with Crippen LogP contribution in [0.4, 0.5) is 0 Å². The minimum atomic E-state index is 0.163. The van der Waals surface area contributed by atoms with Crippen molar-refractivity contribution in [3.05, 3.63) is 36.0 Å². The number of nitrogens with zero attached hydrogens (tertiary/aromatic N) is 1. The van der Waals surface area contributed by atoms with Gasteiger partial charge >= 0.3 is 0 Å². The number of rotatable bonds is 7. The first-order chi connectivity index (χ1) is 9.30. The van der Waals surface area contributed by atoms with Crippen molar-refractivity contribution in [1.29, 1.82) is 0 Å². The van der Waals surface area contributed by atoms with Crippen molar-refractivity contribution in [1.82, 2.24) is 4.57 Å². The standard InChI is InChI=1S/C16H24N2O/c1-3-13-6-5-7-14-8-10-18(16(13)14)11-9-15(12-17)19-4-2/h5-8,10,15H,3-4,9,11-12,17H2,1-2H3. The van der Waals surface area contributed by atoms with Gasteiger partial charge in [0.25, 0.3) is 0 Å². The summed E-state index contributed by atoms with van der Waals surface area (Å²) in [5, 5.41) is 1.32. The van der Waals surface area contributed by atoms with Crippen LogP contribution in [0.5, 0.6) is 0 Å². The molecule has 0 saturated carbocycles. The second kappa shape index (κ2) is 6.73. The van der Waals surface area contributed by atoms with Gasteiger partial charge in [0.1, 0.15) is 0 Å². The summed E-state index contributed by atoms with van der Waals surface area (Å²) in [6, 6.07) is 8.71. The number of aryl methyl sites for hydroxylation is 2. The maximum atomic E-state index is 5.73. The maximum Gasteiger partial charge on any atom is 0.0714 e. The van der Waals surface area contributed by atoms with Crippen LogP contribution >= 0.6 is 0 Å². The van der Waals surface area contributed by atoms with Crippen molar-refractivity contribution in [2.24, 2.45) is 5.73 Å². The first-order valence-electron chi connectivity index (χ1n) is 7.18. The largest absolute Gasteiger partial charge is 0.377 e. The summed E-state index contributed by atoms with van der Waals surface area (Å²) < 4.78 is 7.95. The Kier molecular flexibility index (Phi) is 5.00. The molecule has 2 aromatic rings. The van der Waals surface area contributed by atoms with E-state index in [-0.39, 0.29) is 6.10 Å². The number of para-hydroxylation sites is 1. The van der Waals surface area contributed by atoms with Crippen LogP contribution in [-0.2, 0) is 17.7 Å². The highest BCUT2D eigenvalue weighted by molar-refractivity contribution is 5.83. The van der Waals surface area contributed by atoms with E-state index in [1.165, 1.54) is 16.5 Å². The molecule has 0 aliphatic heterocycles. The molecule has 2 rings (SSSR count). The fourth-order valence-electron chi connectivity index (χ4n) is 2.60. The van der Waals surface area contributed by atoms with Crippen LogP contribution in [0.1, 0.15) is 25.8 Å². The summed E-state index contributed by atoms with van der Waals surface area (Å²) in [5.74, 6) is 0. The van der Waals surface area contributed by atoms with Gasteiger partial charge in [0.15, 0.2) is 0 Å². The van der Waals surface area contributed by atoms with Crippen molar-refractivity contribution >= 4 is 10.9 Å². The van der Waals surface area contributed by atoms with Gasteiger partial charge in [-0.25, -0.2) is 0 Å². The van der Waals surface area contributed by atoms with Gasteiger partial charge in [-0.1, -0.05) is 25.1 Å². The quantitative estimate of drug-likeness (QED) is 0.831. The molecule has 0 radical (unpaired) electrons. The molecule has 1 unspecified atom stereocenters. The number of benzene rings is 1. The van der Waals surface area contributed by atoms with Crippen LogP contribution in [0, 0.1) is 0 Å². The van der Waals surface area contributed by atoms with Crippen molar-refractivity contribution < 1.29 is 4.74 Å². The highest BCUT2D eigenvalue weighted by Crippen LogP contribution is 2.21. The van der Waals surface area contributed by atoms with E-state index < -0.39 is 0 Å². The van der Waals surface area contributed by atoms with Crippen LogP contribution in [0.2, 0.25) is 0 Å². The van der Waals surface area contributed by atoms with Crippen molar-refractivity contribution in [3.8, 4) is 0 Å². The third kappa shape index (κ3) is 3.17. The molecular formula is C16H24N2O. The summed E-state index contributed by atoms with van der Waals surface area (Å²) in [7, 11) is 0. The smallest absolute Gasteiger partial charge is 0.0714 e. The van der Waals surface area contributed by atoms with Crippen molar-refractivity contribution in [2.45, 2.75) is 39.3 Å². The Morgan fingerprint density at radius 1 is 1.26 bits per heavy atom. The number of hydrogen-bond acceptors (Lipinski definition) is 2. The molecule has 0 spiro atoms. The highest BCUT2D eigenvalue weighted by atomic mass is 16.5. The zero-order valence-electron chi connectivity index (χ0n) is 11.9. The summed E-state index contributed by atoms with van der Waals surface area (Å²) in [6.45, 7) is 6.50. The Hall–Kier alpha value is -1.32.